The van der Waals surface area contributed by atoms with Crippen LogP contribution >= 0.6 is 0 Å². The van der Waals surface area contributed by atoms with E-state index in [9.17, 15) is 15.4 Å². The fraction of sp³-hybridized carbons (Fsp3) is 0.409. The van der Waals surface area contributed by atoms with E-state index < -0.39 is 6.04 Å². The summed E-state index contributed by atoms with van der Waals surface area (Å²) in [4.78, 5) is 12.9. The number of nitriles is 1. The van der Waals surface area contributed by atoms with Crippen LogP contribution in [0.15, 0.2) is 42.5 Å². The summed E-state index contributed by atoms with van der Waals surface area (Å²) in [6.45, 7) is 4.58. The van der Waals surface area contributed by atoms with Crippen LogP contribution in [0.2, 0.25) is 0 Å². The van der Waals surface area contributed by atoms with Crippen LogP contribution in [0.3, 0.4) is 0 Å². The number of nitrogens with zero attached hydrogens (tertiary/aromatic N) is 3. The highest BCUT2D eigenvalue weighted by atomic mass is 16.6. The molecule has 3 rings (SSSR count). The monoisotopic (exact) mass is 379 g/mol. The summed E-state index contributed by atoms with van der Waals surface area (Å²) in [6, 6.07) is 15.6. The van der Waals surface area contributed by atoms with Crippen LogP contribution in [0, 0.1) is 21.4 Å². The minimum Gasteiger partial charge on any atom is -0.377 e. The molecule has 1 heterocycles. The van der Waals surface area contributed by atoms with Gasteiger partial charge in [-0.2, -0.15) is 5.26 Å². The molecule has 0 fully saturated rings. The molecule has 0 saturated heterocycles. The third-order valence-electron chi connectivity index (χ3n) is 5.06. The average molecular weight is 379 g/mol. The van der Waals surface area contributed by atoms with E-state index in [2.05, 4.69) is 11.0 Å². The fourth-order valence-electron chi connectivity index (χ4n) is 3.66. The zero-order chi connectivity index (χ0) is 19.9. The molecule has 1 aliphatic heterocycles. The van der Waals surface area contributed by atoms with Crippen molar-refractivity contribution in [1.82, 2.24) is 0 Å². The Labute approximate surface area is 165 Å². The second-order valence-corrected chi connectivity index (χ2v) is 7.23. The largest absolute Gasteiger partial charge is 0.377 e. The lowest BCUT2D eigenvalue weighted by Crippen LogP contribution is -2.23. The van der Waals surface area contributed by atoms with Gasteiger partial charge in [-0.15, -0.1) is 0 Å². The number of nitro groups is 1. The molecule has 1 unspecified atom stereocenters. The van der Waals surface area contributed by atoms with Crippen LogP contribution < -0.4 is 4.90 Å². The summed E-state index contributed by atoms with van der Waals surface area (Å²) < 4.78 is 5.75. The molecule has 28 heavy (non-hydrogen) atoms. The topological polar surface area (TPSA) is 79.4 Å². The Hall–Kier alpha value is -2.91. The van der Waals surface area contributed by atoms with Crippen molar-refractivity contribution >= 4 is 5.69 Å². The lowest BCUT2D eigenvalue weighted by Gasteiger charge is -2.21. The van der Waals surface area contributed by atoms with E-state index in [1.165, 1.54) is 0 Å². The van der Waals surface area contributed by atoms with Crippen LogP contribution in [-0.4, -0.2) is 30.7 Å². The predicted octanol–water partition coefficient (Wildman–Crippen LogP) is 3.74. The minimum atomic E-state index is -0.649. The van der Waals surface area contributed by atoms with Crippen LogP contribution in [0.4, 0.5) is 5.69 Å². The van der Waals surface area contributed by atoms with Crippen LogP contribution in [-0.2, 0) is 24.2 Å². The molecule has 6 heteroatoms. The van der Waals surface area contributed by atoms with Crippen LogP contribution in [0.25, 0.3) is 0 Å². The highest BCUT2D eigenvalue weighted by Crippen LogP contribution is 2.33. The molecule has 6 nitrogen and oxygen atoms in total. The maximum atomic E-state index is 10.9. The lowest BCUT2D eigenvalue weighted by molar-refractivity contribution is -0.517. The van der Waals surface area contributed by atoms with Crippen LogP contribution in [0.1, 0.15) is 35.6 Å². The number of rotatable bonds is 9. The Morgan fingerprint density at radius 1 is 1.29 bits per heavy atom. The normalized spacial score (nSPS) is 13.8. The number of hydrogen-bond donors (Lipinski definition) is 0. The van der Waals surface area contributed by atoms with E-state index in [1.807, 2.05) is 42.5 Å². The maximum Gasteiger partial charge on any atom is 0.214 e. The van der Waals surface area contributed by atoms with E-state index in [1.54, 1.807) is 6.92 Å². The first-order valence-corrected chi connectivity index (χ1v) is 9.64. The number of ether oxygens (including phenoxy) is 1. The van der Waals surface area contributed by atoms with E-state index in [0.717, 1.165) is 48.3 Å². The van der Waals surface area contributed by atoms with Crippen molar-refractivity contribution in [2.45, 2.75) is 38.8 Å². The molecule has 2 aromatic rings. The highest BCUT2D eigenvalue weighted by molar-refractivity contribution is 5.68. The smallest absolute Gasteiger partial charge is 0.214 e. The summed E-state index contributed by atoms with van der Waals surface area (Å²) >= 11 is 0. The van der Waals surface area contributed by atoms with Crippen molar-refractivity contribution in [1.29, 1.82) is 5.26 Å². The molecule has 146 valence electrons. The van der Waals surface area contributed by atoms with E-state index in [4.69, 9.17) is 4.74 Å². The van der Waals surface area contributed by atoms with Crippen molar-refractivity contribution in [3.8, 4) is 6.07 Å². The Morgan fingerprint density at radius 3 is 2.79 bits per heavy atom. The number of benzene rings is 2. The molecule has 1 aliphatic rings. The number of hydrogen-bond acceptors (Lipinski definition) is 5. The first kappa shape index (κ1) is 19.8. The van der Waals surface area contributed by atoms with Crippen molar-refractivity contribution in [3.05, 3.63) is 74.8 Å². The van der Waals surface area contributed by atoms with Crippen molar-refractivity contribution in [2.75, 3.05) is 24.6 Å². The standard InChI is InChI=1S/C22H25N3O3/c1-17(25(26)27)12-19-13-20-8-10-24(22(20)21(14-19)15-23)9-5-11-28-16-18-6-3-2-4-7-18/h2-4,6-7,13-14,17H,5,8-12,16H2,1H3. The molecule has 0 bridgehead atoms. The molecular weight excluding hydrogens is 354 g/mol. The average Bonchev–Trinajstić information content (AvgIpc) is 3.10. The van der Waals surface area contributed by atoms with Gasteiger partial charge >= 0.3 is 0 Å². The Bertz CT molecular complexity index is 861. The number of fused-ring (bicyclic) bond motifs is 1. The van der Waals surface area contributed by atoms with Gasteiger partial charge in [0.1, 0.15) is 6.07 Å². The quantitative estimate of drug-likeness (QED) is 0.377. The van der Waals surface area contributed by atoms with E-state index in [-0.39, 0.29) is 4.92 Å². The minimum absolute atomic E-state index is 0.277. The second kappa shape index (κ2) is 9.34. The van der Waals surface area contributed by atoms with Gasteiger partial charge in [-0.1, -0.05) is 36.4 Å². The lowest BCUT2D eigenvalue weighted by atomic mass is 9.99. The van der Waals surface area contributed by atoms with Gasteiger partial charge in [0, 0.05) is 38.0 Å². The molecule has 0 aromatic heterocycles. The summed E-state index contributed by atoms with van der Waals surface area (Å²) in [7, 11) is 0. The third kappa shape index (κ3) is 4.87. The van der Waals surface area contributed by atoms with Gasteiger partial charge < -0.3 is 9.64 Å². The highest BCUT2D eigenvalue weighted by Gasteiger charge is 2.24. The van der Waals surface area contributed by atoms with Crippen LogP contribution in [0.5, 0.6) is 0 Å². The Balaban J connectivity index is 1.57. The molecule has 0 amide bonds. The Kier molecular flexibility index (Phi) is 6.62. The second-order valence-electron chi connectivity index (χ2n) is 7.23. The maximum absolute atomic E-state index is 10.9. The van der Waals surface area contributed by atoms with Gasteiger partial charge in [-0.05, 0) is 35.6 Å². The van der Waals surface area contributed by atoms with Gasteiger partial charge in [0.25, 0.3) is 0 Å². The van der Waals surface area contributed by atoms with Gasteiger partial charge in [0.15, 0.2) is 0 Å². The molecule has 1 atom stereocenters. The molecule has 0 spiro atoms. The van der Waals surface area contributed by atoms with Gasteiger partial charge in [-0.25, -0.2) is 0 Å². The fourth-order valence-corrected chi connectivity index (χ4v) is 3.66. The van der Waals surface area contributed by atoms with Gasteiger partial charge in [-0.3, -0.25) is 10.1 Å². The summed E-state index contributed by atoms with van der Waals surface area (Å²) in [5.41, 5.74) is 4.76. The first-order valence-electron chi connectivity index (χ1n) is 9.64. The molecule has 2 aromatic carbocycles. The predicted molar refractivity (Wildman–Crippen MR) is 108 cm³/mol. The SMILES string of the molecule is CC(Cc1cc(C#N)c2c(c1)CCN2CCCOCc1ccccc1)[N+](=O)[O-]. The third-order valence-corrected chi connectivity index (χ3v) is 5.06. The molecule has 0 saturated carbocycles. The molecule has 0 radical (unpaired) electrons. The zero-order valence-corrected chi connectivity index (χ0v) is 16.1. The molecule has 0 aliphatic carbocycles. The summed E-state index contributed by atoms with van der Waals surface area (Å²) in [6.07, 6.45) is 2.11. The number of anilines is 1. The summed E-state index contributed by atoms with van der Waals surface area (Å²) in [5.74, 6) is 0. The molecular formula is C22H25N3O3. The molecule has 0 N–H and O–H groups in total. The summed E-state index contributed by atoms with van der Waals surface area (Å²) in [5, 5.41) is 20.5. The van der Waals surface area contributed by atoms with E-state index in [0.29, 0.717) is 25.2 Å². The Morgan fingerprint density at radius 2 is 2.07 bits per heavy atom. The van der Waals surface area contributed by atoms with Gasteiger partial charge in [0.2, 0.25) is 6.04 Å². The van der Waals surface area contributed by atoms with Crippen molar-refractivity contribution in [3.63, 3.8) is 0 Å². The van der Waals surface area contributed by atoms with Gasteiger partial charge in [0.05, 0.1) is 17.9 Å². The zero-order valence-electron chi connectivity index (χ0n) is 16.1. The van der Waals surface area contributed by atoms with Crippen molar-refractivity contribution < 1.29 is 9.66 Å². The van der Waals surface area contributed by atoms with E-state index >= 15 is 0 Å². The van der Waals surface area contributed by atoms with Crippen molar-refractivity contribution in [2.24, 2.45) is 0 Å². The first-order chi connectivity index (χ1) is 13.6.